The third-order valence-electron chi connectivity index (χ3n) is 7.33. The maximum atomic E-state index is 13.5. The molecule has 3 aromatic carbocycles. The number of carbonyl (C=O) groups is 3. The van der Waals surface area contributed by atoms with Crippen LogP contribution in [0.2, 0.25) is 0 Å². The van der Waals surface area contributed by atoms with E-state index in [1.54, 1.807) is 53.4 Å². The second-order valence-electron chi connectivity index (χ2n) is 10.3. The molecule has 2 atom stereocenters. The third kappa shape index (κ3) is 6.83. The zero-order chi connectivity index (χ0) is 30.7. The third-order valence-corrected chi connectivity index (χ3v) is 8.54. The maximum absolute atomic E-state index is 13.5. The Labute approximate surface area is 249 Å². The quantitative estimate of drug-likeness (QED) is 0.457. The summed E-state index contributed by atoms with van der Waals surface area (Å²) in [6.07, 6.45) is 0.532. The number of nitrogens with one attached hydrogen (secondary N) is 2. The Hall–Kier alpha value is -4.78. The molecule has 0 aliphatic carbocycles. The van der Waals surface area contributed by atoms with Crippen molar-refractivity contribution in [3.05, 3.63) is 83.4 Å². The summed E-state index contributed by atoms with van der Waals surface area (Å²) in [5, 5.41) is 5.78. The lowest BCUT2D eigenvalue weighted by atomic mass is 10.1. The molecule has 1 saturated heterocycles. The molecule has 1 fully saturated rings. The minimum absolute atomic E-state index is 0.177. The van der Waals surface area contributed by atoms with Gasteiger partial charge in [-0.1, -0.05) is 12.1 Å². The van der Waals surface area contributed by atoms with Gasteiger partial charge in [-0.2, -0.15) is 0 Å². The van der Waals surface area contributed by atoms with Crippen molar-refractivity contribution in [2.75, 3.05) is 44.4 Å². The van der Waals surface area contributed by atoms with E-state index in [0.717, 1.165) is 16.1 Å². The highest BCUT2D eigenvalue weighted by atomic mass is 32.2. The highest BCUT2D eigenvalue weighted by Gasteiger charge is 2.38. The minimum Gasteiger partial charge on any atom is -0.493 e. The van der Waals surface area contributed by atoms with Gasteiger partial charge in [-0.05, 0) is 60.2 Å². The van der Waals surface area contributed by atoms with Gasteiger partial charge in [-0.25, -0.2) is 8.42 Å². The standard InChI is InChI=1S/C30H32N4O8S/c1-33(43(3,38)39)22-9-6-20(7-10-22)30(37)34-16-24-27(17-34)42-23-11-4-19(5-12-23)15-31-28(35)18-41-26-14-21(29(36)32-24)8-13-25(26)40-2/h4-14,24,27H,15-18H2,1-3H3,(H,31,35)(H,32,36)/t24-,27-/m0/s1. The van der Waals surface area contributed by atoms with Gasteiger partial charge < -0.3 is 29.7 Å². The van der Waals surface area contributed by atoms with E-state index in [1.165, 1.54) is 20.2 Å². The number of amides is 3. The van der Waals surface area contributed by atoms with E-state index < -0.39 is 28.1 Å². The van der Waals surface area contributed by atoms with E-state index >= 15 is 0 Å². The Morgan fingerprint density at radius 2 is 1.74 bits per heavy atom. The molecule has 0 radical (unpaired) electrons. The van der Waals surface area contributed by atoms with Crippen molar-refractivity contribution in [3.8, 4) is 17.2 Å². The van der Waals surface area contributed by atoms with E-state index in [-0.39, 0.29) is 49.4 Å². The number of fused-ring (bicyclic) bond motifs is 7. The molecule has 6 rings (SSSR count). The van der Waals surface area contributed by atoms with E-state index in [2.05, 4.69) is 10.6 Å². The number of carbonyl (C=O) groups excluding carboxylic acids is 3. The predicted molar refractivity (Wildman–Crippen MR) is 158 cm³/mol. The topological polar surface area (TPSA) is 144 Å². The average Bonchev–Trinajstić information content (AvgIpc) is 3.39. The van der Waals surface area contributed by atoms with Crippen molar-refractivity contribution in [1.29, 1.82) is 0 Å². The fraction of sp³-hybridized carbons (Fsp3) is 0.300. The monoisotopic (exact) mass is 608 g/mol. The number of benzene rings is 3. The smallest absolute Gasteiger partial charge is 0.258 e. The highest BCUT2D eigenvalue weighted by Crippen LogP contribution is 2.29. The number of sulfonamides is 1. The summed E-state index contributed by atoms with van der Waals surface area (Å²) in [7, 11) is -0.548. The molecule has 13 heteroatoms. The fourth-order valence-corrected chi connectivity index (χ4v) is 5.33. The van der Waals surface area contributed by atoms with Crippen LogP contribution in [0.25, 0.3) is 0 Å². The van der Waals surface area contributed by atoms with Gasteiger partial charge in [0.2, 0.25) is 10.0 Å². The van der Waals surface area contributed by atoms with Gasteiger partial charge in [0.25, 0.3) is 17.7 Å². The van der Waals surface area contributed by atoms with Crippen LogP contribution in [-0.2, 0) is 21.4 Å². The van der Waals surface area contributed by atoms with Crippen molar-refractivity contribution in [1.82, 2.24) is 15.5 Å². The number of ether oxygens (including phenoxy) is 3. The molecule has 0 aromatic heterocycles. The van der Waals surface area contributed by atoms with Crippen LogP contribution in [0.4, 0.5) is 5.69 Å². The SMILES string of the molecule is COc1ccc2cc1OCC(=O)NCc1ccc(cc1)O[C@H]1CN(C(=O)c3ccc(N(C)S(C)(=O)=O)cc3)C[C@@H]1NC2=O. The summed E-state index contributed by atoms with van der Waals surface area (Å²) < 4.78 is 42.2. The second kappa shape index (κ2) is 12.2. The molecule has 3 aliphatic rings. The zero-order valence-electron chi connectivity index (χ0n) is 23.9. The molecule has 0 unspecified atom stereocenters. The largest absolute Gasteiger partial charge is 0.493 e. The Bertz CT molecular complexity index is 1630. The van der Waals surface area contributed by atoms with E-state index in [9.17, 15) is 22.8 Å². The first kappa shape index (κ1) is 29.7. The number of rotatable bonds is 4. The number of methoxy groups -OCH3 is 1. The first-order chi connectivity index (χ1) is 20.5. The van der Waals surface area contributed by atoms with E-state index in [1.807, 2.05) is 12.1 Å². The van der Waals surface area contributed by atoms with E-state index in [0.29, 0.717) is 22.7 Å². The summed E-state index contributed by atoms with van der Waals surface area (Å²) in [6, 6.07) is 17.6. The van der Waals surface area contributed by atoms with Crippen LogP contribution in [0, 0.1) is 0 Å². The maximum Gasteiger partial charge on any atom is 0.258 e. The Balaban J connectivity index is 1.41. The van der Waals surface area contributed by atoms with Gasteiger partial charge in [-0.15, -0.1) is 0 Å². The lowest BCUT2D eigenvalue weighted by Gasteiger charge is -2.21. The number of hydrogen-bond donors (Lipinski definition) is 2. The first-order valence-corrected chi connectivity index (χ1v) is 15.3. The minimum atomic E-state index is -3.45. The van der Waals surface area contributed by atoms with Gasteiger partial charge in [0.1, 0.15) is 11.9 Å². The summed E-state index contributed by atoms with van der Waals surface area (Å²) in [4.78, 5) is 40.8. The summed E-state index contributed by atoms with van der Waals surface area (Å²) in [6.45, 7) is 0.391. The molecule has 3 aliphatic heterocycles. The number of anilines is 1. The van der Waals surface area contributed by atoms with Gasteiger partial charge in [-0.3, -0.25) is 18.7 Å². The van der Waals surface area contributed by atoms with Crippen molar-refractivity contribution in [2.24, 2.45) is 0 Å². The van der Waals surface area contributed by atoms with Crippen LogP contribution in [0.3, 0.4) is 0 Å². The molecule has 12 nitrogen and oxygen atoms in total. The van der Waals surface area contributed by atoms with Gasteiger partial charge in [0, 0.05) is 31.3 Å². The van der Waals surface area contributed by atoms with Crippen LogP contribution in [-0.4, -0.2) is 83.3 Å². The lowest BCUT2D eigenvalue weighted by Crippen LogP contribution is -2.45. The Kier molecular flexibility index (Phi) is 8.44. The molecular formula is C30H32N4O8S. The summed E-state index contributed by atoms with van der Waals surface area (Å²) in [5.41, 5.74) is 1.92. The van der Waals surface area contributed by atoms with Crippen LogP contribution in [0.15, 0.2) is 66.7 Å². The Morgan fingerprint density at radius 3 is 2.42 bits per heavy atom. The van der Waals surface area contributed by atoms with Crippen LogP contribution >= 0.6 is 0 Å². The molecule has 3 amide bonds. The molecule has 3 heterocycles. The van der Waals surface area contributed by atoms with Crippen LogP contribution in [0.1, 0.15) is 26.3 Å². The first-order valence-electron chi connectivity index (χ1n) is 13.5. The fourth-order valence-electron chi connectivity index (χ4n) is 4.82. The highest BCUT2D eigenvalue weighted by molar-refractivity contribution is 7.92. The molecule has 3 aromatic rings. The van der Waals surface area contributed by atoms with Gasteiger partial charge in [0.05, 0.1) is 31.6 Å². The zero-order valence-corrected chi connectivity index (χ0v) is 24.7. The van der Waals surface area contributed by atoms with Gasteiger partial charge >= 0.3 is 0 Å². The second-order valence-corrected chi connectivity index (χ2v) is 12.3. The number of nitrogens with zero attached hydrogens (tertiary/aromatic N) is 2. The molecule has 0 saturated carbocycles. The van der Waals surface area contributed by atoms with Crippen LogP contribution in [0.5, 0.6) is 17.2 Å². The summed E-state index contributed by atoms with van der Waals surface area (Å²) in [5.74, 6) is 0.105. The van der Waals surface area contributed by atoms with Crippen molar-refractivity contribution >= 4 is 33.4 Å². The van der Waals surface area contributed by atoms with Crippen molar-refractivity contribution in [2.45, 2.75) is 18.7 Å². The van der Waals surface area contributed by atoms with Crippen molar-refractivity contribution < 1.29 is 37.0 Å². The van der Waals surface area contributed by atoms with E-state index in [4.69, 9.17) is 14.2 Å². The molecule has 2 N–H and O–H groups in total. The summed E-state index contributed by atoms with van der Waals surface area (Å²) >= 11 is 0. The molecule has 43 heavy (non-hydrogen) atoms. The predicted octanol–water partition coefficient (Wildman–Crippen LogP) is 1.80. The molecule has 226 valence electrons. The molecule has 0 spiro atoms. The van der Waals surface area contributed by atoms with Crippen molar-refractivity contribution in [3.63, 3.8) is 0 Å². The average molecular weight is 609 g/mol. The lowest BCUT2D eigenvalue weighted by molar-refractivity contribution is -0.123. The normalized spacial score (nSPS) is 18.8. The molecule has 4 bridgehead atoms. The molecular weight excluding hydrogens is 576 g/mol. The number of likely N-dealkylation sites (tertiary alicyclic amines) is 1. The number of hydrogen-bond acceptors (Lipinski definition) is 8. The van der Waals surface area contributed by atoms with Crippen LogP contribution < -0.4 is 29.1 Å². The van der Waals surface area contributed by atoms with Gasteiger partial charge in [0.15, 0.2) is 18.1 Å². The Morgan fingerprint density at radius 1 is 1.02 bits per heavy atom.